The molecule has 4 atom stereocenters. The molecule has 0 spiro atoms. The van der Waals surface area contributed by atoms with Gasteiger partial charge in [-0.05, 0) is 69.9 Å². The molecule has 8 rings (SSSR count). The highest BCUT2D eigenvalue weighted by Crippen LogP contribution is 2.44. The van der Waals surface area contributed by atoms with Crippen LogP contribution in [0.4, 0.5) is 19.0 Å². The fourth-order valence-electron chi connectivity index (χ4n) is 8.37. The largest absolute Gasteiger partial charge is 0.508 e. The van der Waals surface area contributed by atoms with Gasteiger partial charge in [-0.25, -0.2) is 18.2 Å². The molecule has 4 saturated heterocycles. The highest BCUT2D eigenvalue weighted by Gasteiger charge is 2.49. The topological polar surface area (TPSA) is 99.1 Å². The molecule has 0 amide bonds. The van der Waals surface area contributed by atoms with Crippen molar-refractivity contribution in [1.82, 2.24) is 30.1 Å². The molecule has 2 unspecified atom stereocenters. The van der Waals surface area contributed by atoms with Crippen LogP contribution in [-0.4, -0.2) is 114 Å². The Balaban J connectivity index is 1.33. The van der Waals surface area contributed by atoms with Gasteiger partial charge in [0.25, 0.3) is 0 Å². The Morgan fingerprint density at radius 2 is 1.88 bits per heavy atom. The van der Waals surface area contributed by atoms with Gasteiger partial charge in [0.15, 0.2) is 5.82 Å². The number of rotatable bonds is 9. The van der Waals surface area contributed by atoms with Gasteiger partial charge in [-0.15, -0.1) is 6.42 Å². The number of alkyl halides is 1. The number of nitrogens with one attached hydrogen (secondary N) is 1. The molecule has 2 aromatic heterocycles. The number of fused-ring (bicyclic) bond motifs is 5. The number of hydrogen-bond acceptors (Lipinski definition) is 10. The van der Waals surface area contributed by atoms with E-state index >= 15 is 8.78 Å². The van der Waals surface area contributed by atoms with Crippen molar-refractivity contribution in [3.8, 4) is 41.2 Å². The lowest BCUT2D eigenvalue weighted by atomic mass is 9.95. The van der Waals surface area contributed by atoms with Crippen molar-refractivity contribution in [2.24, 2.45) is 0 Å². The maximum atomic E-state index is 17.3. The number of pyridine rings is 1. The van der Waals surface area contributed by atoms with Crippen LogP contribution in [0.25, 0.3) is 32.9 Å². The van der Waals surface area contributed by atoms with Crippen molar-refractivity contribution in [3.63, 3.8) is 0 Å². The Morgan fingerprint density at radius 1 is 1.08 bits per heavy atom. The first kappa shape index (κ1) is 32.8. The standard InChI is InChI=1S/C37H40F3N7O3/c1-4-26-28(39)9-6-21-14-25(48)15-27(29(21)26)32-31(40)33-30(35(42-32)49-13-12-45(2)3)34(46-18-23-7-8-24(19-46)41-23)44-36(43-33)50-20-37-10-5-11-47(37)17-22(38)16-37/h1,6,9,14-15,22-24,41,48H,5,7-8,10-13,16-20H2,2-3H3/t22-,23?,24?,37+/m1/s1. The zero-order chi connectivity index (χ0) is 34.7. The summed E-state index contributed by atoms with van der Waals surface area (Å²) in [6.45, 7) is 3.36. The van der Waals surface area contributed by atoms with Crippen LogP contribution in [0.5, 0.6) is 17.6 Å². The van der Waals surface area contributed by atoms with Crippen LogP contribution in [0.2, 0.25) is 0 Å². The molecule has 0 saturated carbocycles. The number of aromatic nitrogens is 3. The average molecular weight is 688 g/mol. The van der Waals surface area contributed by atoms with Crippen molar-refractivity contribution in [3.05, 3.63) is 41.5 Å². The molecular formula is C37H40F3N7O3. The summed E-state index contributed by atoms with van der Waals surface area (Å²) in [4.78, 5) is 20.5. The molecule has 50 heavy (non-hydrogen) atoms. The Morgan fingerprint density at radius 3 is 2.64 bits per heavy atom. The molecule has 2 N–H and O–H groups in total. The predicted molar refractivity (Wildman–Crippen MR) is 185 cm³/mol. The number of piperazine rings is 1. The lowest BCUT2D eigenvalue weighted by molar-refractivity contribution is 0.107. The lowest BCUT2D eigenvalue weighted by Gasteiger charge is -2.35. The minimum Gasteiger partial charge on any atom is -0.508 e. The maximum absolute atomic E-state index is 17.3. The second-order valence-electron chi connectivity index (χ2n) is 14.3. The Labute approximate surface area is 288 Å². The van der Waals surface area contributed by atoms with Gasteiger partial charge in [0.2, 0.25) is 5.88 Å². The van der Waals surface area contributed by atoms with Crippen molar-refractivity contribution < 1.29 is 27.8 Å². The molecule has 4 fully saturated rings. The third-order valence-electron chi connectivity index (χ3n) is 10.7. The smallest absolute Gasteiger partial charge is 0.319 e. The summed E-state index contributed by atoms with van der Waals surface area (Å²) in [6, 6.07) is 5.88. The number of halogens is 3. The molecular weight excluding hydrogens is 647 g/mol. The summed E-state index contributed by atoms with van der Waals surface area (Å²) in [5.74, 6) is 1.27. The molecule has 4 aliphatic rings. The summed E-state index contributed by atoms with van der Waals surface area (Å²) in [5.41, 5.74) is -0.766. The van der Waals surface area contributed by atoms with E-state index in [2.05, 4.69) is 26.0 Å². The average Bonchev–Trinajstić information content (AvgIpc) is 3.74. The molecule has 10 nitrogen and oxygen atoms in total. The van der Waals surface area contributed by atoms with E-state index in [1.165, 1.54) is 24.3 Å². The molecule has 0 aliphatic carbocycles. The Bertz CT molecular complexity index is 2010. The number of likely N-dealkylation sites (N-methyl/N-ethyl adjacent to an activating group) is 1. The fourth-order valence-corrected chi connectivity index (χ4v) is 8.37. The zero-order valence-electron chi connectivity index (χ0n) is 28.2. The molecule has 2 bridgehead atoms. The van der Waals surface area contributed by atoms with Crippen LogP contribution in [-0.2, 0) is 0 Å². The lowest BCUT2D eigenvalue weighted by Crippen LogP contribution is -2.51. The SMILES string of the molecule is C#Cc1c(F)ccc2cc(O)cc(-c3nc(OCCN(C)C)c4c(N5CC6CCC(C5)N6)nc(OC[C@@]56CCCN5C[C@H](F)C6)nc4c3F)c12. The Kier molecular flexibility index (Phi) is 8.36. The van der Waals surface area contributed by atoms with Gasteiger partial charge >= 0.3 is 6.01 Å². The van der Waals surface area contributed by atoms with E-state index in [0.717, 1.165) is 32.2 Å². The molecule has 4 aromatic rings. The van der Waals surface area contributed by atoms with Gasteiger partial charge in [0, 0.05) is 55.6 Å². The quantitative estimate of drug-likeness (QED) is 0.242. The van der Waals surface area contributed by atoms with Crippen LogP contribution in [0, 0.1) is 24.0 Å². The number of phenols is 1. The van der Waals surface area contributed by atoms with Crippen LogP contribution < -0.4 is 19.7 Å². The van der Waals surface area contributed by atoms with E-state index in [9.17, 15) is 9.50 Å². The third kappa shape index (κ3) is 5.73. The summed E-state index contributed by atoms with van der Waals surface area (Å²) in [5, 5.41) is 15.3. The van der Waals surface area contributed by atoms with Gasteiger partial charge in [-0.1, -0.05) is 12.0 Å². The van der Waals surface area contributed by atoms with Crippen molar-refractivity contribution in [1.29, 1.82) is 0 Å². The number of hydrogen-bond donors (Lipinski definition) is 2. The number of terminal acetylenes is 1. The fraction of sp³-hybridized carbons (Fsp3) is 0.486. The number of benzene rings is 2. The molecule has 6 heterocycles. The van der Waals surface area contributed by atoms with Crippen LogP contribution in [0.1, 0.15) is 37.7 Å². The van der Waals surface area contributed by atoms with Crippen LogP contribution in [0.15, 0.2) is 24.3 Å². The molecule has 4 aliphatic heterocycles. The molecule has 262 valence electrons. The van der Waals surface area contributed by atoms with E-state index in [1.54, 1.807) is 0 Å². The summed E-state index contributed by atoms with van der Waals surface area (Å²) in [7, 11) is 3.82. The molecule has 2 aromatic carbocycles. The summed E-state index contributed by atoms with van der Waals surface area (Å²) < 4.78 is 59.6. The second-order valence-corrected chi connectivity index (χ2v) is 14.3. The van der Waals surface area contributed by atoms with Gasteiger partial charge in [0.1, 0.15) is 53.4 Å². The van der Waals surface area contributed by atoms with E-state index in [1.807, 2.05) is 19.0 Å². The van der Waals surface area contributed by atoms with Crippen LogP contribution >= 0.6 is 0 Å². The molecule has 13 heteroatoms. The Hall–Kier alpha value is -4.38. The normalized spacial score (nSPS) is 24.7. The van der Waals surface area contributed by atoms with Crippen LogP contribution in [0.3, 0.4) is 0 Å². The van der Waals surface area contributed by atoms with Gasteiger partial charge in [-0.3, -0.25) is 4.90 Å². The van der Waals surface area contributed by atoms with E-state index < -0.39 is 23.3 Å². The first-order chi connectivity index (χ1) is 24.1. The first-order valence-corrected chi connectivity index (χ1v) is 17.3. The highest BCUT2D eigenvalue weighted by molar-refractivity contribution is 6.04. The maximum Gasteiger partial charge on any atom is 0.319 e. The van der Waals surface area contributed by atoms with Crippen molar-refractivity contribution in [2.45, 2.75) is 55.9 Å². The first-order valence-electron chi connectivity index (χ1n) is 17.3. The van der Waals surface area contributed by atoms with Crippen molar-refractivity contribution in [2.75, 3.05) is 64.9 Å². The van der Waals surface area contributed by atoms with Gasteiger partial charge in [0.05, 0.1) is 11.1 Å². The third-order valence-corrected chi connectivity index (χ3v) is 10.7. The molecule has 0 radical (unpaired) electrons. The van der Waals surface area contributed by atoms with Gasteiger partial charge in [-0.2, -0.15) is 9.97 Å². The second kappa shape index (κ2) is 12.7. The summed E-state index contributed by atoms with van der Waals surface area (Å²) >= 11 is 0. The number of nitrogens with zero attached hydrogens (tertiary/aromatic N) is 6. The number of aromatic hydroxyl groups is 1. The number of anilines is 1. The highest BCUT2D eigenvalue weighted by atomic mass is 19.1. The minimum atomic E-state index is -0.939. The van der Waals surface area contributed by atoms with Crippen molar-refractivity contribution >= 4 is 27.5 Å². The van der Waals surface area contributed by atoms with E-state index in [-0.39, 0.29) is 76.0 Å². The summed E-state index contributed by atoms with van der Waals surface area (Å²) in [6.07, 6.45) is 8.94. The van der Waals surface area contributed by atoms with Gasteiger partial charge < -0.3 is 29.7 Å². The minimum absolute atomic E-state index is 0.0340. The van der Waals surface area contributed by atoms with E-state index in [0.29, 0.717) is 43.8 Å². The zero-order valence-corrected chi connectivity index (χ0v) is 28.2. The van der Waals surface area contributed by atoms with E-state index in [4.69, 9.17) is 25.9 Å². The predicted octanol–water partition coefficient (Wildman–Crippen LogP) is 4.65. The number of ether oxygens (including phenoxy) is 2. The monoisotopic (exact) mass is 687 g/mol. The number of phenolic OH excluding ortho intramolecular Hbond substituents is 1.